The monoisotopic (exact) mass is 998 g/mol. The second kappa shape index (κ2) is 51.1. The van der Waals surface area contributed by atoms with Crippen LogP contribution in [0.1, 0.15) is 258 Å². The first-order valence-corrected chi connectivity index (χ1v) is 29.7. The van der Waals surface area contributed by atoms with Gasteiger partial charge in [-0.3, -0.25) is 4.79 Å². The second-order valence-electron chi connectivity index (χ2n) is 20.4. The Morgan fingerprint density at radius 3 is 1.35 bits per heavy atom. The Kier molecular flexibility index (Phi) is 48.0. The molecular formula is C62H111NO8. The molecule has 1 heterocycles. The van der Waals surface area contributed by atoms with E-state index in [1.165, 1.54) is 161 Å². The third-order valence-electron chi connectivity index (χ3n) is 13.8. The number of rotatable bonds is 50. The third kappa shape index (κ3) is 40.7. The van der Waals surface area contributed by atoms with Crippen molar-refractivity contribution in [3.05, 3.63) is 72.9 Å². The minimum Gasteiger partial charge on any atom is -0.394 e. The Labute approximate surface area is 436 Å². The van der Waals surface area contributed by atoms with Gasteiger partial charge in [-0.25, -0.2) is 0 Å². The van der Waals surface area contributed by atoms with Gasteiger partial charge in [0.05, 0.1) is 25.4 Å². The van der Waals surface area contributed by atoms with Crippen LogP contribution in [0.2, 0.25) is 0 Å². The SMILES string of the molecule is CC/C=C\C/C=C\C/C=C\C/C=C\CCCCCCCCCCC(=O)NC(COC1OC(CO)C(O)C(O)C1O)C(O)/C=C/CC/C=C/CCCCCCCCCCCCCCCCCCCCCCC. The molecule has 412 valence electrons. The number of carbonyl (C=O) groups is 1. The molecule has 6 N–H and O–H groups in total. The molecule has 9 nitrogen and oxygen atoms in total. The van der Waals surface area contributed by atoms with E-state index in [9.17, 15) is 30.3 Å². The van der Waals surface area contributed by atoms with Crippen LogP contribution in [-0.2, 0) is 14.3 Å². The summed E-state index contributed by atoms with van der Waals surface area (Å²) in [6.45, 7) is 3.66. The van der Waals surface area contributed by atoms with Gasteiger partial charge in [-0.05, 0) is 70.6 Å². The molecule has 9 heteroatoms. The van der Waals surface area contributed by atoms with Crippen molar-refractivity contribution in [2.75, 3.05) is 13.2 Å². The molecule has 7 atom stereocenters. The summed E-state index contributed by atoms with van der Waals surface area (Å²) < 4.78 is 11.3. The van der Waals surface area contributed by atoms with Gasteiger partial charge < -0.3 is 40.3 Å². The minimum atomic E-state index is -1.58. The smallest absolute Gasteiger partial charge is 0.220 e. The quantitative estimate of drug-likeness (QED) is 0.0261. The van der Waals surface area contributed by atoms with Crippen molar-refractivity contribution >= 4 is 5.91 Å². The Bertz CT molecular complexity index is 1340. The fraction of sp³-hybridized carbons (Fsp3) is 0.790. The van der Waals surface area contributed by atoms with Crippen molar-refractivity contribution in [3.8, 4) is 0 Å². The number of aliphatic hydroxyl groups excluding tert-OH is 5. The fourth-order valence-electron chi connectivity index (χ4n) is 9.11. The van der Waals surface area contributed by atoms with Crippen LogP contribution in [0.15, 0.2) is 72.9 Å². The number of carbonyl (C=O) groups excluding carboxylic acids is 1. The summed E-state index contributed by atoms with van der Waals surface area (Å²) in [7, 11) is 0. The highest BCUT2D eigenvalue weighted by Gasteiger charge is 2.44. The van der Waals surface area contributed by atoms with Gasteiger partial charge in [-0.15, -0.1) is 0 Å². The number of hydrogen-bond acceptors (Lipinski definition) is 8. The Balaban J connectivity index is 2.24. The summed E-state index contributed by atoms with van der Waals surface area (Å²) in [5, 5.41) is 54.5. The first-order chi connectivity index (χ1) is 34.8. The van der Waals surface area contributed by atoms with Gasteiger partial charge in [0, 0.05) is 6.42 Å². The van der Waals surface area contributed by atoms with Crippen molar-refractivity contribution in [2.24, 2.45) is 0 Å². The molecule has 1 amide bonds. The van der Waals surface area contributed by atoms with Crippen LogP contribution in [0.5, 0.6) is 0 Å². The number of amides is 1. The maximum absolute atomic E-state index is 13.1. The van der Waals surface area contributed by atoms with Crippen LogP contribution < -0.4 is 5.32 Å². The lowest BCUT2D eigenvalue weighted by Crippen LogP contribution is -2.60. The first-order valence-electron chi connectivity index (χ1n) is 29.7. The van der Waals surface area contributed by atoms with Crippen molar-refractivity contribution in [2.45, 2.75) is 301 Å². The molecule has 0 aromatic rings. The van der Waals surface area contributed by atoms with E-state index in [0.717, 1.165) is 77.0 Å². The number of allylic oxidation sites excluding steroid dienone is 11. The number of ether oxygens (including phenoxy) is 2. The van der Waals surface area contributed by atoms with E-state index >= 15 is 0 Å². The number of aliphatic hydroxyl groups is 5. The van der Waals surface area contributed by atoms with Crippen molar-refractivity contribution < 1.29 is 39.8 Å². The summed E-state index contributed by atoms with van der Waals surface area (Å²) in [5.74, 6) is -0.196. The summed E-state index contributed by atoms with van der Waals surface area (Å²) in [6.07, 6.45) is 64.0. The maximum atomic E-state index is 13.1. The van der Waals surface area contributed by atoms with E-state index in [-0.39, 0.29) is 12.5 Å². The second-order valence-corrected chi connectivity index (χ2v) is 20.4. The maximum Gasteiger partial charge on any atom is 0.220 e. The molecule has 1 rings (SSSR count). The minimum absolute atomic E-state index is 0.196. The molecule has 0 saturated carbocycles. The molecule has 0 aliphatic carbocycles. The molecule has 1 aliphatic heterocycles. The largest absolute Gasteiger partial charge is 0.394 e. The lowest BCUT2D eigenvalue weighted by Gasteiger charge is -2.40. The van der Waals surface area contributed by atoms with Gasteiger partial charge in [0.25, 0.3) is 0 Å². The van der Waals surface area contributed by atoms with E-state index < -0.39 is 49.5 Å². The average Bonchev–Trinajstić information content (AvgIpc) is 3.37. The topological polar surface area (TPSA) is 149 Å². The predicted molar refractivity (Wildman–Crippen MR) is 299 cm³/mol. The molecule has 0 spiro atoms. The average molecular weight is 999 g/mol. The predicted octanol–water partition coefficient (Wildman–Crippen LogP) is 14.8. The highest BCUT2D eigenvalue weighted by atomic mass is 16.7. The molecular weight excluding hydrogens is 887 g/mol. The van der Waals surface area contributed by atoms with E-state index in [4.69, 9.17) is 9.47 Å². The normalized spacial score (nSPS) is 19.8. The van der Waals surface area contributed by atoms with Gasteiger partial charge >= 0.3 is 0 Å². The summed E-state index contributed by atoms with van der Waals surface area (Å²) in [5.41, 5.74) is 0. The Hall–Kier alpha value is -2.37. The Morgan fingerprint density at radius 1 is 0.493 bits per heavy atom. The van der Waals surface area contributed by atoms with Gasteiger partial charge in [-0.2, -0.15) is 0 Å². The number of nitrogens with one attached hydrogen (secondary N) is 1. The van der Waals surface area contributed by atoms with Crippen LogP contribution in [0, 0.1) is 0 Å². The Morgan fingerprint density at radius 2 is 0.887 bits per heavy atom. The molecule has 1 aliphatic rings. The molecule has 71 heavy (non-hydrogen) atoms. The zero-order chi connectivity index (χ0) is 51.5. The van der Waals surface area contributed by atoms with Crippen LogP contribution in [0.25, 0.3) is 0 Å². The highest BCUT2D eigenvalue weighted by molar-refractivity contribution is 5.76. The van der Waals surface area contributed by atoms with Crippen LogP contribution in [0.3, 0.4) is 0 Å². The summed E-state index contributed by atoms with van der Waals surface area (Å²) in [4.78, 5) is 13.1. The van der Waals surface area contributed by atoms with Gasteiger partial charge in [0.15, 0.2) is 6.29 Å². The fourth-order valence-corrected chi connectivity index (χ4v) is 9.11. The van der Waals surface area contributed by atoms with Gasteiger partial charge in [0.2, 0.25) is 5.91 Å². The summed E-state index contributed by atoms with van der Waals surface area (Å²) in [6, 6.07) is -0.831. The standard InChI is InChI=1S/C62H111NO8/c1-3-5-7-9-11-13-15-17-19-21-23-25-26-27-28-29-30-32-33-35-37-39-41-43-45-47-49-51-56(65)55(54-70-62-61(69)60(68)59(67)57(53-64)71-62)63-58(66)52-50-48-46-44-42-40-38-36-34-31-24-22-20-18-16-14-12-10-8-6-4-2/h6,8,12,14,18,20,24,31,41,43,49,51,55-57,59-62,64-65,67-69H,3-5,7,9-11,13,15-17,19,21-23,25-30,32-40,42,44-48,50,52-54H2,1-2H3,(H,63,66)/b8-6-,14-12-,20-18-,31-24-,43-41+,51-49+. The van der Waals surface area contributed by atoms with Crippen LogP contribution in [0.4, 0.5) is 0 Å². The lowest BCUT2D eigenvalue weighted by atomic mass is 9.99. The highest BCUT2D eigenvalue weighted by Crippen LogP contribution is 2.23. The summed E-state index contributed by atoms with van der Waals surface area (Å²) >= 11 is 0. The molecule has 0 aromatic heterocycles. The van der Waals surface area contributed by atoms with E-state index in [1.54, 1.807) is 6.08 Å². The lowest BCUT2D eigenvalue weighted by molar-refractivity contribution is -0.302. The zero-order valence-corrected chi connectivity index (χ0v) is 45.7. The molecule has 0 bridgehead atoms. The van der Waals surface area contributed by atoms with Gasteiger partial charge in [0.1, 0.15) is 24.4 Å². The molecule has 1 saturated heterocycles. The zero-order valence-electron chi connectivity index (χ0n) is 45.7. The third-order valence-corrected chi connectivity index (χ3v) is 13.8. The van der Waals surface area contributed by atoms with Gasteiger partial charge in [-0.1, -0.05) is 254 Å². The number of hydrogen-bond donors (Lipinski definition) is 6. The molecule has 0 radical (unpaired) electrons. The molecule has 7 unspecified atom stereocenters. The van der Waals surface area contributed by atoms with Crippen LogP contribution >= 0.6 is 0 Å². The first kappa shape index (κ1) is 66.6. The van der Waals surface area contributed by atoms with E-state index in [1.807, 2.05) is 6.08 Å². The number of unbranched alkanes of at least 4 members (excludes halogenated alkanes) is 30. The van der Waals surface area contributed by atoms with Crippen molar-refractivity contribution in [1.82, 2.24) is 5.32 Å². The molecule has 0 aromatic carbocycles. The van der Waals surface area contributed by atoms with Crippen molar-refractivity contribution in [3.63, 3.8) is 0 Å². The van der Waals surface area contributed by atoms with E-state index in [2.05, 4.69) is 79.9 Å². The van der Waals surface area contributed by atoms with Crippen LogP contribution in [-0.4, -0.2) is 87.5 Å². The molecule has 1 fully saturated rings. The van der Waals surface area contributed by atoms with Crippen molar-refractivity contribution in [1.29, 1.82) is 0 Å². The van der Waals surface area contributed by atoms with E-state index in [0.29, 0.717) is 6.42 Å².